The number of halogens is 2. The summed E-state index contributed by atoms with van der Waals surface area (Å²) in [6, 6.07) is 10.8. The smallest absolute Gasteiger partial charge is 0.254 e. The number of nitrogens with zero attached hydrogens (tertiary/aromatic N) is 1. The van der Waals surface area contributed by atoms with Crippen LogP contribution in [0.15, 0.2) is 47.0 Å². The van der Waals surface area contributed by atoms with Crippen molar-refractivity contribution >= 4 is 5.91 Å². The minimum atomic E-state index is -1.21. The van der Waals surface area contributed by atoms with Crippen LogP contribution in [0.5, 0.6) is 11.5 Å². The van der Waals surface area contributed by atoms with E-state index in [9.17, 15) is 13.6 Å². The van der Waals surface area contributed by atoms with Gasteiger partial charge < -0.3 is 19.7 Å². The lowest BCUT2D eigenvalue weighted by Crippen LogP contribution is -2.16. The second kappa shape index (κ2) is 7.86. The summed E-state index contributed by atoms with van der Waals surface area (Å²) in [6.45, 7) is 2.33. The number of nitrogens with two attached hydrogens (primary N) is 1. The van der Waals surface area contributed by atoms with Crippen molar-refractivity contribution < 1.29 is 27.6 Å². The van der Waals surface area contributed by atoms with Gasteiger partial charge in [0.15, 0.2) is 17.3 Å². The summed E-state index contributed by atoms with van der Waals surface area (Å²) >= 11 is 0. The van der Waals surface area contributed by atoms with Crippen molar-refractivity contribution in [3.05, 3.63) is 65.4 Å². The molecular formula is C19H16F2N2O4. The lowest BCUT2D eigenvalue weighted by atomic mass is 10.1. The number of benzene rings is 2. The standard InChI is InChI=1S/C19H16F2N2O4/c1-2-25-13-5-3-11(4-6-13)16-9-12(23-27-16)10-26-15-8-7-14(20)17(18(15)21)19(22)24/h3-9H,2,10H2,1H3,(H2,22,24). The van der Waals surface area contributed by atoms with Crippen LogP contribution in [0.4, 0.5) is 8.78 Å². The molecule has 0 saturated heterocycles. The maximum atomic E-state index is 14.1. The van der Waals surface area contributed by atoms with Crippen LogP contribution in [0, 0.1) is 11.6 Å². The van der Waals surface area contributed by atoms with Crippen molar-refractivity contribution in [3.63, 3.8) is 0 Å². The third kappa shape index (κ3) is 4.05. The predicted octanol–water partition coefficient (Wildman–Crippen LogP) is 3.70. The first kappa shape index (κ1) is 18.4. The van der Waals surface area contributed by atoms with Crippen LogP contribution < -0.4 is 15.2 Å². The highest BCUT2D eigenvalue weighted by Gasteiger charge is 2.19. The van der Waals surface area contributed by atoms with Crippen molar-refractivity contribution in [1.29, 1.82) is 0 Å². The third-order valence-electron chi connectivity index (χ3n) is 3.69. The molecule has 1 heterocycles. The summed E-state index contributed by atoms with van der Waals surface area (Å²) in [5, 5.41) is 3.85. The lowest BCUT2D eigenvalue weighted by molar-refractivity contribution is 0.0991. The maximum absolute atomic E-state index is 14.1. The van der Waals surface area contributed by atoms with Crippen molar-refractivity contribution in [2.24, 2.45) is 5.73 Å². The molecule has 2 N–H and O–H groups in total. The molecular weight excluding hydrogens is 358 g/mol. The van der Waals surface area contributed by atoms with E-state index in [0.29, 0.717) is 18.1 Å². The van der Waals surface area contributed by atoms with Crippen LogP contribution >= 0.6 is 0 Å². The van der Waals surface area contributed by atoms with Gasteiger partial charge in [0.05, 0.1) is 6.61 Å². The molecule has 1 amide bonds. The van der Waals surface area contributed by atoms with Gasteiger partial charge in [-0.1, -0.05) is 5.16 Å². The summed E-state index contributed by atoms with van der Waals surface area (Å²) in [4.78, 5) is 11.1. The summed E-state index contributed by atoms with van der Waals surface area (Å²) in [5.41, 5.74) is 5.30. The van der Waals surface area contributed by atoms with E-state index < -0.39 is 23.1 Å². The van der Waals surface area contributed by atoms with Crippen LogP contribution in [0.25, 0.3) is 11.3 Å². The zero-order valence-electron chi connectivity index (χ0n) is 14.4. The number of ether oxygens (including phenoxy) is 2. The van der Waals surface area contributed by atoms with Gasteiger partial charge in [-0.25, -0.2) is 8.78 Å². The number of primary amides is 1. The van der Waals surface area contributed by atoms with E-state index in [0.717, 1.165) is 23.4 Å². The molecule has 0 aliphatic heterocycles. The first-order valence-electron chi connectivity index (χ1n) is 8.09. The molecule has 3 aromatic rings. The second-order valence-electron chi connectivity index (χ2n) is 5.53. The van der Waals surface area contributed by atoms with Crippen LogP contribution in [-0.2, 0) is 6.61 Å². The highest BCUT2D eigenvalue weighted by Crippen LogP contribution is 2.26. The number of aromatic nitrogens is 1. The Morgan fingerprint density at radius 3 is 2.56 bits per heavy atom. The Morgan fingerprint density at radius 1 is 1.15 bits per heavy atom. The molecule has 27 heavy (non-hydrogen) atoms. The highest BCUT2D eigenvalue weighted by atomic mass is 19.1. The van der Waals surface area contributed by atoms with Crippen LogP contribution in [0.3, 0.4) is 0 Å². The molecule has 8 heteroatoms. The first-order chi connectivity index (χ1) is 13.0. The van der Waals surface area contributed by atoms with Gasteiger partial charge in [-0.2, -0.15) is 0 Å². The molecule has 1 aromatic heterocycles. The van der Waals surface area contributed by atoms with Gasteiger partial charge in [0.1, 0.15) is 29.4 Å². The molecule has 0 unspecified atom stereocenters. The largest absolute Gasteiger partial charge is 0.494 e. The maximum Gasteiger partial charge on any atom is 0.254 e. The molecule has 3 rings (SSSR count). The zero-order valence-corrected chi connectivity index (χ0v) is 14.4. The minimum Gasteiger partial charge on any atom is -0.494 e. The Labute approximate surface area is 153 Å². The Bertz CT molecular complexity index is 955. The van der Waals surface area contributed by atoms with Gasteiger partial charge >= 0.3 is 0 Å². The quantitative estimate of drug-likeness (QED) is 0.681. The zero-order chi connectivity index (χ0) is 19.4. The number of amides is 1. The lowest BCUT2D eigenvalue weighted by Gasteiger charge is -2.08. The number of hydrogen-bond acceptors (Lipinski definition) is 5. The van der Waals surface area contributed by atoms with Crippen molar-refractivity contribution in [2.75, 3.05) is 6.61 Å². The predicted molar refractivity (Wildman–Crippen MR) is 92.3 cm³/mol. The average Bonchev–Trinajstić information content (AvgIpc) is 3.11. The van der Waals surface area contributed by atoms with E-state index in [2.05, 4.69) is 5.16 Å². The van der Waals surface area contributed by atoms with Crippen LogP contribution in [0.2, 0.25) is 0 Å². The first-order valence-corrected chi connectivity index (χ1v) is 8.09. The van der Waals surface area contributed by atoms with Gasteiger partial charge in [0.25, 0.3) is 5.91 Å². The van der Waals surface area contributed by atoms with Crippen molar-refractivity contribution in [3.8, 4) is 22.8 Å². The van der Waals surface area contributed by atoms with Gasteiger partial charge in [-0.15, -0.1) is 0 Å². The van der Waals surface area contributed by atoms with Crippen molar-refractivity contribution in [2.45, 2.75) is 13.5 Å². The fourth-order valence-electron chi connectivity index (χ4n) is 2.42. The summed E-state index contributed by atoms with van der Waals surface area (Å²) in [5.74, 6) is -2.50. The molecule has 0 fully saturated rings. The Kier molecular flexibility index (Phi) is 5.35. The Hall–Kier alpha value is -3.42. The molecule has 0 radical (unpaired) electrons. The van der Waals surface area contributed by atoms with Gasteiger partial charge in [0.2, 0.25) is 0 Å². The van der Waals surface area contributed by atoms with Crippen LogP contribution in [-0.4, -0.2) is 17.7 Å². The summed E-state index contributed by atoms with van der Waals surface area (Å²) in [6.07, 6.45) is 0. The Morgan fingerprint density at radius 2 is 1.89 bits per heavy atom. The van der Waals surface area contributed by atoms with Gasteiger partial charge in [0, 0.05) is 11.6 Å². The van der Waals surface area contributed by atoms with Gasteiger partial charge in [-0.3, -0.25) is 4.79 Å². The number of hydrogen-bond donors (Lipinski definition) is 1. The fraction of sp³-hybridized carbons (Fsp3) is 0.158. The van der Waals surface area contributed by atoms with Gasteiger partial charge in [-0.05, 0) is 43.3 Å². The monoisotopic (exact) mass is 374 g/mol. The molecule has 0 bridgehead atoms. The average molecular weight is 374 g/mol. The molecule has 0 aliphatic rings. The minimum absolute atomic E-state index is 0.138. The van der Waals surface area contributed by atoms with E-state index in [1.165, 1.54) is 0 Å². The molecule has 0 spiro atoms. The van der Waals surface area contributed by atoms with E-state index in [-0.39, 0.29) is 12.4 Å². The van der Waals surface area contributed by atoms with E-state index in [4.69, 9.17) is 19.7 Å². The molecule has 6 nitrogen and oxygen atoms in total. The third-order valence-corrected chi connectivity index (χ3v) is 3.69. The SMILES string of the molecule is CCOc1ccc(-c2cc(COc3ccc(F)c(C(N)=O)c3F)no2)cc1. The number of carbonyl (C=O) groups excluding carboxylic acids is 1. The molecule has 0 atom stereocenters. The van der Waals surface area contributed by atoms with E-state index >= 15 is 0 Å². The Balaban J connectivity index is 1.72. The van der Waals surface area contributed by atoms with Crippen molar-refractivity contribution in [1.82, 2.24) is 5.16 Å². The molecule has 140 valence electrons. The van der Waals surface area contributed by atoms with E-state index in [1.807, 2.05) is 19.1 Å². The van der Waals surface area contributed by atoms with Crippen LogP contribution in [0.1, 0.15) is 23.0 Å². The number of carbonyl (C=O) groups is 1. The topological polar surface area (TPSA) is 87.6 Å². The molecule has 2 aromatic carbocycles. The molecule has 0 saturated carbocycles. The fourth-order valence-corrected chi connectivity index (χ4v) is 2.42. The normalized spacial score (nSPS) is 10.6. The summed E-state index contributed by atoms with van der Waals surface area (Å²) < 4.78 is 43.5. The summed E-state index contributed by atoms with van der Waals surface area (Å²) in [7, 11) is 0. The second-order valence-corrected chi connectivity index (χ2v) is 5.53. The molecule has 0 aliphatic carbocycles. The highest BCUT2D eigenvalue weighted by molar-refractivity contribution is 5.93. The number of rotatable bonds is 7. The van der Waals surface area contributed by atoms with E-state index in [1.54, 1.807) is 18.2 Å².